The van der Waals surface area contributed by atoms with Gasteiger partial charge in [0.05, 0.1) is 12.8 Å². The molecule has 3 N–H and O–H groups in total. The fourth-order valence-corrected chi connectivity index (χ4v) is 2.92. The van der Waals surface area contributed by atoms with Crippen LogP contribution in [-0.4, -0.2) is 35.4 Å². The van der Waals surface area contributed by atoms with E-state index in [0.29, 0.717) is 35.3 Å². The van der Waals surface area contributed by atoms with Gasteiger partial charge in [0.1, 0.15) is 18.1 Å². The van der Waals surface area contributed by atoms with Crippen molar-refractivity contribution >= 4 is 11.6 Å². The molecular formula is C23H28N4O3. The molecule has 0 aliphatic heterocycles. The van der Waals surface area contributed by atoms with Gasteiger partial charge in [0.2, 0.25) is 0 Å². The zero-order valence-corrected chi connectivity index (χ0v) is 17.8. The number of nitrogens with two attached hydrogens (primary N) is 1. The number of carbonyl (C=O) groups excluding carboxylic acids is 1. The minimum absolute atomic E-state index is 0.0724. The van der Waals surface area contributed by atoms with Crippen molar-refractivity contribution in [3.05, 3.63) is 60.3 Å². The number of carbonyl (C=O) groups is 1. The van der Waals surface area contributed by atoms with Crippen molar-refractivity contribution < 1.29 is 14.3 Å². The maximum Gasteiger partial charge on any atom is 0.255 e. The minimum Gasteiger partial charge on any atom is -0.497 e. The number of aromatic nitrogens is 2. The van der Waals surface area contributed by atoms with Crippen LogP contribution in [-0.2, 0) is 7.05 Å². The quantitative estimate of drug-likeness (QED) is 0.593. The molecule has 1 heterocycles. The molecule has 0 unspecified atom stereocenters. The SMILES string of the molecule is COc1cccc(C(=O)Nc2ccc(OC[C@H](N)C(C)C)c(-c3ccnn3C)c2)c1. The number of benzene rings is 2. The van der Waals surface area contributed by atoms with Crippen molar-refractivity contribution in [2.24, 2.45) is 18.7 Å². The Bertz CT molecular complexity index is 1010. The molecule has 0 spiro atoms. The van der Waals surface area contributed by atoms with E-state index < -0.39 is 0 Å². The summed E-state index contributed by atoms with van der Waals surface area (Å²) in [6.45, 7) is 4.53. The number of ether oxygens (including phenoxy) is 2. The van der Waals surface area contributed by atoms with Gasteiger partial charge in [-0.25, -0.2) is 0 Å². The van der Waals surface area contributed by atoms with Crippen molar-refractivity contribution in [3.63, 3.8) is 0 Å². The average molecular weight is 409 g/mol. The molecule has 0 fully saturated rings. The van der Waals surface area contributed by atoms with E-state index in [1.807, 2.05) is 31.3 Å². The Morgan fingerprint density at radius 2 is 2.00 bits per heavy atom. The molecule has 0 saturated heterocycles. The van der Waals surface area contributed by atoms with Gasteiger partial charge < -0.3 is 20.5 Å². The normalized spacial score (nSPS) is 11.9. The van der Waals surface area contributed by atoms with Crippen LogP contribution < -0.4 is 20.5 Å². The van der Waals surface area contributed by atoms with E-state index >= 15 is 0 Å². The molecule has 3 aromatic rings. The molecule has 0 aliphatic carbocycles. The van der Waals surface area contributed by atoms with Gasteiger partial charge in [0.15, 0.2) is 0 Å². The van der Waals surface area contributed by atoms with Gasteiger partial charge in [0.25, 0.3) is 5.91 Å². The topological polar surface area (TPSA) is 91.4 Å². The average Bonchev–Trinajstić information content (AvgIpc) is 3.18. The number of amides is 1. The Kier molecular flexibility index (Phi) is 6.74. The van der Waals surface area contributed by atoms with E-state index in [1.54, 1.807) is 42.3 Å². The summed E-state index contributed by atoms with van der Waals surface area (Å²) in [5.41, 5.74) is 9.01. The first-order chi connectivity index (χ1) is 14.4. The Balaban J connectivity index is 1.87. The second kappa shape index (κ2) is 9.45. The zero-order valence-electron chi connectivity index (χ0n) is 17.8. The number of methoxy groups -OCH3 is 1. The smallest absolute Gasteiger partial charge is 0.255 e. The number of hydrogen-bond donors (Lipinski definition) is 2. The van der Waals surface area contributed by atoms with Crippen LogP contribution in [0.5, 0.6) is 11.5 Å². The number of nitrogens with one attached hydrogen (secondary N) is 1. The summed E-state index contributed by atoms with van der Waals surface area (Å²) in [4.78, 5) is 12.7. The molecule has 1 amide bonds. The van der Waals surface area contributed by atoms with Crippen molar-refractivity contribution in [1.82, 2.24) is 9.78 Å². The first-order valence-electron chi connectivity index (χ1n) is 9.85. The minimum atomic E-state index is -0.222. The van der Waals surface area contributed by atoms with Gasteiger partial charge in [0, 0.05) is 36.1 Å². The fourth-order valence-electron chi connectivity index (χ4n) is 2.92. The van der Waals surface area contributed by atoms with E-state index in [9.17, 15) is 4.79 Å². The van der Waals surface area contributed by atoms with Gasteiger partial charge in [-0.3, -0.25) is 9.48 Å². The van der Waals surface area contributed by atoms with Crippen molar-refractivity contribution in [1.29, 1.82) is 0 Å². The molecule has 0 radical (unpaired) electrons. The first kappa shape index (κ1) is 21.4. The molecule has 2 aromatic carbocycles. The van der Waals surface area contributed by atoms with Crippen molar-refractivity contribution in [3.8, 4) is 22.8 Å². The van der Waals surface area contributed by atoms with Crippen LogP contribution in [0.1, 0.15) is 24.2 Å². The van der Waals surface area contributed by atoms with Crippen molar-refractivity contribution in [2.45, 2.75) is 19.9 Å². The summed E-state index contributed by atoms with van der Waals surface area (Å²) in [7, 11) is 3.43. The van der Waals surface area contributed by atoms with E-state index in [1.165, 1.54) is 0 Å². The van der Waals surface area contributed by atoms with Crippen molar-refractivity contribution in [2.75, 3.05) is 19.0 Å². The Labute approximate surface area is 176 Å². The number of hydrogen-bond acceptors (Lipinski definition) is 5. The molecule has 158 valence electrons. The summed E-state index contributed by atoms with van der Waals surface area (Å²) in [6.07, 6.45) is 1.72. The van der Waals surface area contributed by atoms with E-state index in [0.717, 1.165) is 11.3 Å². The highest BCUT2D eigenvalue weighted by Gasteiger charge is 2.15. The third-order valence-electron chi connectivity index (χ3n) is 4.95. The lowest BCUT2D eigenvalue weighted by Gasteiger charge is -2.19. The molecule has 1 atom stereocenters. The standard InChI is InChI=1S/C23H28N4O3/c1-15(2)20(24)14-30-22-9-8-17(13-19(22)21-10-11-25-27(21)3)26-23(28)16-6-5-7-18(12-16)29-4/h5-13,15,20H,14,24H2,1-4H3,(H,26,28)/t20-/m0/s1. The van der Waals surface area contributed by atoms with Gasteiger partial charge in [-0.2, -0.15) is 5.10 Å². The lowest BCUT2D eigenvalue weighted by atomic mass is 10.1. The summed E-state index contributed by atoms with van der Waals surface area (Å²) in [5.74, 6) is 1.41. The summed E-state index contributed by atoms with van der Waals surface area (Å²) < 4.78 is 13.0. The second-order valence-electron chi connectivity index (χ2n) is 7.46. The summed E-state index contributed by atoms with van der Waals surface area (Å²) >= 11 is 0. The number of aryl methyl sites for hydroxylation is 1. The maximum absolute atomic E-state index is 12.7. The highest BCUT2D eigenvalue weighted by molar-refractivity contribution is 6.04. The zero-order chi connectivity index (χ0) is 21.7. The van der Waals surface area contributed by atoms with Crippen LogP contribution in [0.4, 0.5) is 5.69 Å². The monoisotopic (exact) mass is 408 g/mol. The molecule has 7 heteroatoms. The molecule has 7 nitrogen and oxygen atoms in total. The molecular weight excluding hydrogens is 380 g/mol. The largest absolute Gasteiger partial charge is 0.497 e. The molecule has 0 bridgehead atoms. The maximum atomic E-state index is 12.7. The van der Waals surface area contributed by atoms with Crippen LogP contribution in [0, 0.1) is 5.92 Å². The van der Waals surface area contributed by atoms with E-state index in [-0.39, 0.29) is 11.9 Å². The van der Waals surface area contributed by atoms with E-state index in [2.05, 4.69) is 24.3 Å². The van der Waals surface area contributed by atoms with Crippen LogP contribution in [0.3, 0.4) is 0 Å². The highest BCUT2D eigenvalue weighted by atomic mass is 16.5. The molecule has 3 rings (SSSR count). The van der Waals surface area contributed by atoms with Crippen LogP contribution in [0.15, 0.2) is 54.7 Å². The summed E-state index contributed by atoms with van der Waals surface area (Å²) in [5, 5.41) is 7.19. The molecule has 0 saturated carbocycles. The Hall–Kier alpha value is -3.32. The summed E-state index contributed by atoms with van der Waals surface area (Å²) in [6, 6.07) is 14.4. The van der Waals surface area contributed by atoms with Gasteiger partial charge in [-0.15, -0.1) is 0 Å². The third kappa shape index (κ3) is 4.99. The number of nitrogens with zero attached hydrogens (tertiary/aromatic N) is 2. The lowest BCUT2D eigenvalue weighted by molar-refractivity contribution is 0.102. The Morgan fingerprint density at radius 3 is 2.67 bits per heavy atom. The number of rotatable bonds is 8. The first-order valence-corrected chi connectivity index (χ1v) is 9.85. The molecule has 0 aliphatic rings. The predicted molar refractivity (Wildman–Crippen MR) is 118 cm³/mol. The second-order valence-corrected chi connectivity index (χ2v) is 7.46. The third-order valence-corrected chi connectivity index (χ3v) is 4.95. The number of anilines is 1. The van der Waals surface area contributed by atoms with Crippen LogP contribution in [0.25, 0.3) is 11.3 Å². The van der Waals surface area contributed by atoms with Gasteiger partial charge in [-0.1, -0.05) is 19.9 Å². The van der Waals surface area contributed by atoms with Gasteiger partial charge >= 0.3 is 0 Å². The van der Waals surface area contributed by atoms with Gasteiger partial charge in [-0.05, 0) is 48.4 Å². The molecule has 1 aromatic heterocycles. The van der Waals surface area contributed by atoms with Crippen LogP contribution >= 0.6 is 0 Å². The predicted octanol–water partition coefficient (Wildman–Crippen LogP) is 3.71. The van der Waals surface area contributed by atoms with E-state index in [4.69, 9.17) is 15.2 Å². The van der Waals surface area contributed by atoms with Crippen LogP contribution in [0.2, 0.25) is 0 Å². The fraction of sp³-hybridized carbons (Fsp3) is 0.304. The highest BCUT2D eigenvalue weighted by Crippen LogP contribution is 2.33. The Morgan fingerprint density at radius 1 is 1.20 bits per heavy atom. The molecule has 30 heavy (non-hydrogen) atoms. The lowest BCUT2D eigenvalue weighted by Crippen LogP contribution is -2.33.